The minimum atomic E-state index is -0.194. The zero-order valence-electron chi connectivity index (χ0n) is 10.2. The van der Waals surface area contributed by atoms with E-state index in [1.54, 1.807) is 18.2 Å². The second-order valence-electron chi connectivity index (χ2n) is 4.26. The van der Waals surface area contributed by atoms with Gasteiger partial charge in [-0.1, -0.05) is 6.08 Å². The molecule has 1 aromatic carbocycles. The monoisotopic (exact) mass is 244 g/mol. The summed E-state index contributed by atoms with van der Waals surface area (Å²) in [6.07, 6.45) is 2.61. The SMILES string of the molecule is C=CCC(C)Nc1nc2ccc(N)cc2c(=O)[nH]1. The lowest BCUT2D eigenvalue weighted by Crippen LogP contribution is -2.19. The second-order valence-corrected chi connectivity index (χ2v) is 4.26. The Hall–Kier alpha value is -2.30. The van der Waals surface area contributed by atoms with Crippen molar-refractivity contribution < 1.29 is 0 Å². The molecule has 94 valence electrons. The van der Waals surface area contributed by atoms with E-state index in [-0.39, 0.29) is 11.6 Å². The topological polar surface area (TPSA) is 83.8 Å². The van der Waals surface area contributed by atoms with E-state index in [1.807, 2.05) is 13.0 Å². The van der Waals surface area contributed by atoms with E-state index in [2.05, 4.69) is 21.9 Å². The fraction of sp³-hybridized carbons (Fsp3) is 0.231. The average Bonchev–Trinajstić information content (AvgIpc) is 2.30. The van der Waals surface area contributed by atoms with E-state index in [0.29, 0.717) is 22.5 Å². The molecule has 0 saturated heterocycles. The first-order valence-electron chi connectivity index (χ1n) is 5.77. The van der Waals surface area contributed by atoms with Crippen molar-refractivity contribution in [2.45, 2.75) is 19.4 Å². The number of rotatable bonds is 4. The molecule has 0 radical (unpaired) electrons. The van der Waals surface area contributed by atoms with Crippen LogP contribution in [0.4, 0.5) is 11.6 Å². The number of nitrogens with zero attached hydrogens (tertiary/aromatic N) is 1. The number of anilines is 2. The fourth-order valence-electron chi connectivity index (χ4n) is 1.77. The number of benzene rings is 1. The highest BCUT2D eigenvalue weighted by molar-refractivity contribution is 5.81. The molecule has 0 aliphatic heterocycles. The zero-order chi connectivity index (χ0) is 13.1. The van der Waals surface area contributed by atoms with E-state index in [1.165, 1.54) is 0 Å². The number of aromatic amines is 1. The molecule has 18 heavy (non-hydrogen) atoms. The van der Waals surface area contributed by atoms with Gasteiger partial charge < -0.3 is 11.1 Å². The van der Waals surface area contributed by atoms with Crippen molar-refractivity contribution in [2.75, 3.05) is 11.1 Å². The van der Waals surface area contributed by atoms with Gasteiger partial charge in [0, 0.05) is 11.7 Å². The molecule has 0 saturated carbocycles. The molecule has 1 aromatic heterocycles. The first-order valence-corrected chi connectivity index (χ1v) is 5.77. The third kappa shape index (κ3) is 2.51. The molecule has 1 heterocycles. The fourth-order valence-corrected chi connectivity index (χ4v) is 1.77. The number of aromatic nitrogens is 2. The van der Waals surface area contributed by atoms with Crippen LogP contribution >= 0.6 is 0 Å². The standard InChI is InChI=1S/C13H16N4O/c1-3-4-8(2)15-13-16-11-6-5-9(14)7-10(11)12(18)17-13/h3,5-8H,1,4,14H2,2H3,(H2,15,16,17,18). The molecule has 5 nitrogen and oxygen atoms in total. The molecule has 0 spiro atoms. The number of H-pyrrole nitrogens is 1. The summed E-state index contributed by atoms with van der Waals surface area (Å²) in [6.45, 7) is 5.67. The van der Waals surface area contributed by atoms with E-state index in [0.717, 1.165) is 6.42 Å². The molecule has 0 bridgehead atoms. The zero-order valence-corrected chi connectivity index (χ0v) is 10.2. The van der Waals surface area contributed by atoms with E-state index in [4.69, 9.17) is 5.73 Å². The third-order valence-corrected chi connectivity index (χ3v) is 2.63. The quantitative estimate of drug-likeness (QED) is 0.566. The lowest BCUT2D eigenvalue weighted by atomic mass is 10.2. The van der Waals surface area contributed by atoms with Crippen LogP contribution in [0, 0.1) is 0 Å². The predicted molar refractivity (Wildman–Crippen MR) is 74.7 cm³/mol. The molecule has 1 unspecified atom stereocenters. The smallest absolute Gasteiger partial charge is 0.260 e. The number of nitrogens with one attached hydrogen (secondary N) is 2. The number of nitrogen functional groups attached to an aromatic ring is 1. The Morgan fingerprint density at radius 2 is 2.39 bits per heavy atom. The summed E-state index contributed by atoms with van der Waals surface area (Å²) < 4.78 is 0. The molecule has 2 aromatic rings. The maximum atomic E-state index is 11.9. The predicted octanol–water partition coefficient (Wildman–Crippen LogP) is 1.88. The van der Waals surface area contributed by atoms with Gasteiger partial charge >= 0.3 is 0 Å². The van der Waals surface area contributed by atoms with Gasteiger partial charge in [-0.25, -0.2) is 4.98 Å². The largest absolute Gasteiger partial charge is 0.399 e. The summed E-state index contributed by atoms with van der Waals surface area (Å²) in [5, 5.41) is 3.62. The molecule has 0 aliphatic rings. The van der Waals surface area contributed by atoms with Gasteiger partial charge in [0.1, 0.15) is 0 Å². The van der Waals surface area contributed by atoms with Crippen LogP contribution < -0.4 is 16.6 Å². The first-order chi connectivity index (χ1) is 8.60. The van der Waals surface area contributed by atoms with Crippen molar-refractivity contribution in [3.8, 4) is 0 Å². The van der Waals surface area contributed by atoms with Crippen molar-refractivity contribution in [2.24, 2.45) is 0 Å². The lowest BCUT2D eigenvalue weighted by Gasteiger charge is -2.12. The summed E-state index contributed by atoms with van der Waals surface area (Å²) in [5.74, 6) is 0.464. The van der Waals surface area contributed by atoms with Crippen molar-refractivity contribution in [1.82, 2.24) is 9.97 Å². The highest BCUT2D eigenvalue weighted by Crippen LogP contribution is 2.13. The van der Waals surface area contributed by atoms with Crippen molar-refractivity contribution in [1.29, 1.82) is 0 Å². The summed E-state index contributed by atoms with van der Waals surface area (Å²) in [6, 6.07) is 5.25. The van der Waals surface area contributed by atoms with Gasteiger partial charge in [0.05, 0.1) is 10.9 Å². The number of hydrogen-bond donors (Lipinski definition) is 3. The van der Waals surface area contributed by atoms with Crippen LogP contribution in [0.15, 0.2) is 35.6 Å². The van der Waals surface area contributed by atoms with Crippen molar-refractivity contribution in [3.63, 3.8) is 0 Å². The van der Waals surface area contributed by atoms with E-state index in [9.17, 15) is 4.79 Å². The molecule has 0 fully saturated rings. The maximum absolute atomic E-state index is 11.9. The Balaban J connectivity index is 2.40. The van der Waals surface area contributed by atoms with Crippen LogP contribution in [0.5, 0.6) is 0 Å². The molecular weight excluding hydrogens is 228 g/mol. The minimum Gasteiger partial charge on any atom is -0.399 e. The summed E-state index contributed by atoms with van der Waals surface area (Å²) in [7, 11) is 0. The summed E-state index contributed by atoms with van der Waals surface area (Å²) >= 11 is 0. The molecule has 0 aliphatic carbocycles. The average molecular weight is 244 g/mol. The summed E-state index contributed by atoms with van der Waals surface area (Å²) in [4.78, 5) is 18.9. The van der Waals surface area contributed by atoms with Crippen LogP contribution in [-0.2, 0) is 0 Å². The van der Waals surface area contributed by atoms with Gasteiger partial charge in [-0.2, -0.15) is 0 Å². The highest BCUT2D eigenvalue weighted by atomic mass is 16.1. The van der Waals surface area contributed by atoms with Gasteiger partial charge in [-0.05, 0) is 31.5 Å². The summed E-state index contributed by atoms with van der Waals surface area (Å²) in [5.41, 5.74) is 6.63. The van der Waals surface area contributed by atoms with Gasteiger partial charge in [0.25, 0.3) is 5.56 Å². The molecule has 2 rings (SSSR count). The molecular formula is C13H16N4O. The first kappa shape index (κ1) is 12.2. The van der Waals surface area contributed by atoms with Crippen LogP contribution in [0.2, 0.25) is 0 Å². The van der Waals surface area contributed by atoms with E-state index >= 15 is 0 Å². The number of hydrogen-bond acceptors (Lipinski definition) is 4. The Labute approximate surface area is 105 Å². The van der Waals surface area contributed by atoms with Crippen LogP contribution in [0.25, 0.3) is 10.9 Å². The molecule has 5 heteroatoms. The van der Waals surface area contributed by atoms with Crippen molar-refractivity contribution in [3.05, 3.63) is 41.2 Å². The van der Waals surface area contributed by atoms with Crippen LogP contribution in [0.1, 0.15) is 13.3 Å². The Morgan fingerprint density at radius 3 is 3.11 bits per heavy atom. The number of fused-ring (bicyclic) bond motifs is 1. The Morgan fingerprint density at radius 1 is 1.61 bits per heavy atom. The second kappa shape index (κ2) is 4.91. The van der Waals surface area contributed by atoms with Gasteiger partial charge in [0.15, 0.2) is 0 Å². The van der Waals surface area contributed by atoms with Gasteiger partial charge in [-0.3, -0.25) is 9.78 Å². The third-order valence-electron chi connectivity index (χ3n) is 2.63. The van der Waals surface area contributed by atoms with Crippen LogP contribution in [-0.4, -0.2) is 16.0 Å². The van der Waals surface area contributed by atoms with Gasteiger partial charge in [-0.15, -0.1) is 6.58 Å². The molecule has 1 atom stereocenters. The van der Waals surface area contributed by atoms with Crippen LogP contribution in [0.3, 0.4) is 0 Å². The minimum absolute atomic E-state index is 0.164. The number of nitrogens with two attached hydrogens (primary N) is 1. The normalized spacial score (nSPS) is 12.3. The van der Waals surface area contributed by atoms with E-state index < -0.39 is 0 Å². The lowest BCUT2D eigenvalue weighted by molar-refractivity contribution is 0.799. The Bertz CT molecular complexity index is 632. The molecule has 0 amide bonds. The van der Waals surface area contributed by atoms with Gasteiger partial charge in [0.2, 0.25) is 5.95 Å². The Kier molecular flexibility index (Phi) is 3.32. The van der Waals surface area contributed by atoms with Crippen molar-refractivity contribution >= 4 is 22.5 Å². The molecule has 4 N–H and O–H groups in total. The maximum Gasteiger partial charge on any atom is 0.260 e. The highest BCUT2D eigenvalue weighted by Gasteiger charge is 2.06.